The van der Waals surface area contributed by atoms with E-state index < -0.39 is 10.0 Å². The van der Waals surface area contributed by atoms with Crippen LogP contribution >= 0.6 is 11.6 Å². The summed E-state index contributed by atoms with van der Waals surface area (Å²) in [4.78, 5) is 2.36. The molecule has 1 saturated heterocycles. The molecule has 0 N–H and O–H groups in total. The number of likely N-dealkylation sites (tertiary alicyclic amines) is 1. The second-order valence-corrected chi connectivity index (χ2v) is 9.53. The molecule has 1 unspecified atom stereocenters. The Hall–Kier alpha value is -1.86. The number of amidine groups is 1. The van der Waals surface area contributed by atoms with Gasteiger partial charge in [-0.25, -0.2) is 0 Å². The minimum absolute atomic E-state index is 0.0153. The van der Waals surface area contributed by atoms with Gasteiger partial charge in [0.05, 0.1) is 11.7 Å². The molecular formula is C19H23ClN4O2S. The minimum Gasteiger partial charge on any atom is -0.348 e. The fraction of sp³-hybridized carbons (Fsp3) is 0.474. The standard InChI is InChI=1S/C19H23ClN4O2S/c1-12(2)11-24-18(20)17(13(3)21-24)15-8-6-10-23(15)19-14-7-4-5-9-16(14)27(25,26)22-19/h4-5,7,9,12,15H,6,8,10-11H2,1-3H3. The molecule has 2 aliphatic heterocycles. The van der Waals surface area contributed by atoms with E-state index in [4.69, 9.17) is 11.6 Å². The fourth-order valence-electron chi connectivity index (χ4n) is 4.03. The zero-order chi connectivity index (χ0) is 19.3. The van der Waals surface area contributed by atoms with Crippen LogP contribution in [0, 0.1) is 12.8 Å². The summed E-state index contributed by atoms with van der Waals surface area (Å²) < 4.78 is 30.9. The Morgan fingerprint density at radius 2 is 2.04 bits per heavy atom. The minimum atomic E-state index is -3.64. The van der Waals surface area contributed by atoms with Crippen LogP contribution in [0.2, 0.25) is 5.15 Å². The van der Waals surface area contributed by atoms with Gasteiger partial charge in [-0.1, -0.05) is 37.6 Å². The van der Waals surface area contributed by atoms with Crippen molar-refractivity contribution >= 4 is 27.5 Å². The van der Waals surface area contributed by atoms with Crippen LogP contribution in [-0.4, -0.2) is 35.5 Å². The first-order valence-corrected chi connectivity index (χ1v) is 11.0. The summed E-state index contributed by atoms with van der Waals surface area (Å²) in [6, 6.07) is 7.00. The molecule has 0 radical (unpaired) electrons. The van der Waals surface area contributed by atoms with Crippen LogP contribution in [0.3, 0.4) is 0 Å². The van der Waals surface area contributed by atoms with Gasteiger partial charge in [0.25, 0.3) is 10.0 Å². The second-order valence-electron chi connectivity index (χ2n) is 7.60. The lowest BCUT2D eigenvalue weighted by atomic mass is 10.0. The molecule has 6 nitrogen and oxygen atoms in total. The Kier molecular flexibility index (Phi) is 4.55. The summed E-state index contributed by atoms with van der Waals surface area (Å²) in [6.07, 6.45) is 1.85. The molecule has 4 rings (SSSR count). The molecule has 0 saturated carbocycles. The Morgan fingerprint density at radius 3 is 2.78 bits per heavy atom. The van der Waals surface area contributed by atoms with Crippen molar-refractivity contribution < 1.29 is 8.42 Å². The van der Waals surface area contributed by atoms with Crippen molar-refractivity contribution in [3.8, 4) is 0 Å². The molecule has 3 heterocycles. The van der Waals surface area contributed by atoms with Crippen molar-refractivity contribution in [2.75, 3.05) is 6.54 Å². The molecule has 0 amide bonds. The van der Waals surface area contributed by atoms with E-state index in [9.17, 15) is 8.42 Å². The molecule has 1 fully saturated rings. The molecule has 8 heteroatoms. The average molecular weight is 407 g/mol. The first-order valence-electron chi connectivity index (χ1n) is 9.23. The number of hydrogen-bond donors (Lipinski definition) is 0. The number of aryl methyl sites for hydroxylation is 1. The number of nitrogens with zero attached hydrogens (tertiary/aromatic N) is 4. The van der Waals surface area contributed by atoms with Crippen LogP contribution in [0.5, 0.6) is 0 Å². The number of fused-ring (bicyclic) bond motifs is 1. The van der Waals surface area contributed by atoms with E-state index in [1.165, 1.54) is 0 Å². The molecule has 0 bridgehead atoms. The van der Waals surface area contributed by atoms with E-state index in [0.29, 0.717) is 22.5 Å². The topological polar surface area (TPSA) is 67.6 Å². The molecule has 0 aliphatic carbocycles. The maximum Gasteiger partial charge on any atom is 0.285 e. The number of rotatable bonds is 3. The number of sulfonamides is 1. The highest BCUT2D eigenvalue weighted by molar-refractivity contribution is 7.90. The molecule has 1 aromatic carbocycles. The monoisotopic (exact) mass is 406 g/mol. The number of aromatic nitrogens is 2. The normalized spacial score (nSPS) is 21.0. The third kappa shape index (κ3) is 3.06. The van der Waals surface area contributed by atoms with Crippen LogP contribution < -0.4 is 0 Å². The van der Waals surface area contributed by atoms with Crippen molar-refractivity contribution in [1.82, 2.24) is 14.7 Å². The molecule has 144 valence electrons. The average Bonchev–Trinajstić information content (AvgIpc) is 3.24. The highest BCUT2D eigenvalue weighted by Gasteiger charge is 2.39. The van der Waals surface area contributed by atoms with E-state index in [-0.39, 0.29) is 10.9 Å². The Labute approximate surface area is 164 Å². The third-order valence-electron chi connectivity index (χ3n) is 5.12. The van der Waals surface area contributed by atoms with Crippen molar-refractivity contribution in [1.29, 1.82) is 0 Å². The fourth-order valence-corrected chi connectivity index (χ4v) is 5.62. The number of benzene rings is 1. The van der Waals surface area contributed by atoms with E-state index in [1.54, 1.807) is 12.1 Å². The van der Waals surface area contributed by atoms with Gasteiger partial charge in [-0.3, -0.25) is 4.68 Å². The Balaban J connectivity index is 1.76. The summed E-state index contributed by atoms with van der Waals surface area (Å²) in [6.45, 7) is 7.73. The molecule has 2 aromatic rings. The quantitative estimate of drug-likeness (QED) is 0.777. The lowest BCUT2D eigenvalue weighted by Crippen LogP contribution is -2.30. The van der Waals surface area contributed by atoms with Gasteiger partial charge in [0.1, 0.15) is 10.0 Å². The number of halogens is 1. The summed E-state index contributed by atoms with van der Waals surface area (Å²) >= 11 is 6.70. The summed E-state index contributed by atoms with van der Waals surface area (Å²) in [5, 5.41) is 5.27. The summed E-state index contributed by atoms with van der Waals surface area (Å²) in [5.41, 5.74) is 2.55. The SMILES string of the molecule is Cc1nn(CC(C)C)c(Cl)c1C1CCCN1C1=NS(=O)(=O)c2ccccc21. The lowest BCUT2D eigenvalue weighted by molar-refractivity contribution is 0.400. The summed E-state index contributed by atoms with van der Waals surface area (Å²) in [5.74, 6) is 0.964. The smallest absolute Gasteiger partial charge is 0.285 e. The van der Waals surface area contributed by atoms with Crippen molar-refractivity contribution in [2.24, 2.45) is 10.3 Å². The van der Waals surface area contributed by atoms with Crippen LogP contribution in [0.15, 0.2) is 33.6 Å². The third-order valence-corrected chi connectivity index (χ3v) is 6.84. The molecular weight excluding hydrogens is 384 g/mol. The predicted octanol–water partition coefficient (Wildman–Crippen LogP) is 3.79. The highest BCUT2D eigenvalue weighted by Crippen LogP contribution is 2.41. The van der Waals surface area contributed by atoms with Gasteiger partial charge in [0.15, 0.2) is 5.84 Å². The van der Waals surface area contributed by atoms with E-state index in [2.05, 4.69) is 28.2 Å². The first kappa shape index (κ1) is 18.5. The molecule has 1 aromatic heterocycles. The van der Waals surface area contributed by atoms with Gasteiger partial charge in [-0.15, -0.1) is 4.40 Å². The van der Waals surface area contributed by atoms with E-state index >= 15 is 0 Å². The zero-order valence-corrected chi connectivity index (χ0v) is 17.3. The predicted molar refractivity (Wildman–Crippen MR) is 106 cm³/mol. The maximum absolute atomic E-state index is 12.5. The van der Waals surface area contributed by atoms with Crippen molar-refractivity contribution in [3.05, 3.63) is 46.2 Å². The largest absolute Gasteiger partial charge is 0.348 e. The number of hydrogen-bond acceptors (Lipinski definition) is 4. The highest BCUT2D eigenvalue weighted by atomic mass is 35.5. The van der Waals surface area contributed by atoms with E-state index in [0.717, 1.165) is 37.2 Å². The van der Waals surface area contributed by atoms with Crippen LogP contribution in [-0.2, 0) is 16.6 Å². The lowest BCUT2D eigenvalue weighted by Gasteiger charge is -2.26. The van der Waals surface area contributed by atoms with Gasteiger partial charge in [-0.05, 0) is 37.8 Å². The van der Waals surface area contributed by atoms with E-state index in [1.807, 2.05) is 23.7 Å². The van der Waals surface area contributed by atoms with Gasteiger partial charge in [0.2, 0.25) is 0 Å². The Bertz CT molecular complexity index is 1030. The van der Waals surface area contributed by atoms with Crippen LogP contribution in [0.25, 0.3) is 0 Å². The first-order chi connectivity index (χ1) is 12.8. The maximum atomic E-state index is 12.5. The summed E-state index contributed by atoms with van der Waals surface area (Å²) in [7, 11) is -3.64. The molecule has 2 aliphatic rings. The molecule has 0 spiro atoms. The zero-order valence-electron chi connectivity index (χ0n) is 15.7. The van der Waals surface area contributed by atoms with Gasteiger partial charge >= 0.3 is 0 Å². The molecule has 27 heavy (non-hydrogen) atoms. The van der Waals surface area contributed by atoms with Crippen molar-refractivity contribution in [2.45, 2.75) is 51.1 Å². The van der Waals surface area contributed by atoms with Crippen LogP contribution in [0.1, 0.15) is 49.6 Å². The van der Waals surface area contributed by atoms with Gasteiger partial charge < -0.3 is 4.90 Å². The van der Waals surface area contributed by atoms with Crippen LogP contribution in [0.4, 0.5) is 0 Å². The Morgan fingerprint density at radius 1 is 1.30 bits per heavy atom. The second kappa shape index (κ2) is 6.63. The molecule has 1 atom stereocenters. The van der Waals surface area contributed by atoms with Gasteiger partial charge in [-0.2, -0.15) is 13.5 Å². The van der Waals surface area contributed by atoms with Gasteiger partial charge in [0, 0.05) is 24.2 Å². The van der Waals surface area contributed by atoms with Crippen molar-refractivity contribution in [3.63, 3.8) is 0 Å².